The molecule has 3 saturated carbocycles. The van der Waals surface area contributed by atoms with Gasteiger partial charge in [0.2, 0.25) is 0 Å². The van der Waals surface area contributed by atoms with Crippen LogP contribution in [-0.4, -0.2) is 33.2 Å². The fourth-order valence-electron chi connectivity index (χ4n) is 7.23. The number of hydrogen-bond donors (Lipinski definition) is 0. The van der Waals surface area contributed by atoms with Crippen molar-refractivity contribution in [3.05, 3.63) is 59.9 Å². The fourth-order valence-corrected chi connectivity index (χ4v) is 7.23. The molecule has 6 heteroatoms. The Morgan fingerprint density at radius 2 is 1.43 bits per heavy atom. The van der Waals surface area contributed by atoms with Crippen LogP contribution in [0.15, 0.2) is 59.9 Å². The summed E-state index contributed by atoms with van der Waals surface area (Å²) in [5.41, 5.74) is 0.126. The van der Waals surface area contributed by atoms with E-state index in [-0.39, 0.29) is 24.4 Å². The van der Waals surface area contributed by atoms with E-state index in [2.05, 4.69) is 26.5 Å². The van der Waals surface area contributed by atoms with Crippen molar-refractivity contribution in [3.63, 3.8) is 0 Å². The van der Waals surface area contributed by atoms with Gasteiger partial charge in [0.25, 0.3) is 0 Å². The molecule has 0 saturated heterocycles. The Morgan fingerprint density at radius 3 is 2.07 bits per heavy atom. The SMILES string of the molecule is C=CC1CCC2CC(CCC)CCC2C1.CCOC/C=C\C(C/C=C\C(OCC1CCC(CC)CC1)=C(\F)CF)=C(\F)CF. The summed E-state index contributed by atoms with van der Waals surface area (Å²) in [7, 11) is 0. The highest BCUT2D eigenvalue weighted by Gasteiger charge is 2.34. The van der Waals surface area contributed by atoms with Crippen molar-refractivity contribution in [2.45, 2.75) is 111 Å². The van der Waals surface area contributed by atoms with Gasteiger partial charge in [0.05, 0.1) is 13.2 Å². The molecule has 0 heterocycles. The third kappa shape index (κ3) is 14.1. The number of ether oxygens (including phenoxy) is 2. The predicted molar refractivity (Wildman–Crippen MR) is 176 cm³/mol. The van der Waals surface area contributed by atoms with Gasteiger partial charge in [0.15, 0.2) is 11.6 Å². The van der Waals surface area contributed by atoms with Gasteiger partial charge in [-0.25, -0.2) is 17.6 Å². The number of alkyl halides is 2. The van der Waals surface area contributed by atoms with E-state index in [9.17, 15) is 17.6 Å². The molecule has 0 aliphatic heterocycles. The van der Waals surface area contributed by atoms with E-state index < -0.39 is 25.0 Å². The molecular formula is C38H60F4O2. The lowest BCUT2D eigenvalue weighted by atomic mass is 9.64. The molecule has 3 fully saturated rings. The molecule has 4 atom stereocenters. The lowest BCUT2D eigenvalue weighted by Crippen LogP contribution is -2.30. The largest absolute Gasteiger partial charge is 0.490 e. The van der Waals surface area contributed by atoms with E-state index in [4.69, 9.17) is 9.47 Å². The van der Waals surface area contributed by atoms with Gasteiger partial charge in [-0.2, -0.15) is 0 Å². The number of halogens is 4. The molecule has 3 aliphatic rings. The zero-order valence-corrected chi connectivity index (χ0v) is 27.8. The van der Waals surface area contributed by atoms with E-state index >= 15 is 0 Å². The number of allylic oxidation sites excluding steroid dienone is 7. The first-order valence-electron chi connectivity index (χ1n) is 17.4. The highest BCUT2D eigenvalue weighted by molar-refractivity contribution is 5.27. The Kier molecular flexibility index (Phi) is 19.7. The normalized spacial score (nSPS) is 28.5. The minimum atomic E-state index is -1.27. The molecule has 0 radical (unpaired) electrons. The van der Waals surface area contributed by atoms with Crippen LogP contribution in [0.5, 0.6) is 0 Å². The van der Waals surface area contributed by atoms with Crippen molar-refractivity contribution in [3.8, 4) is 0 Å². The van der Waals surface area contributed by atoms with Crippen molar-refractivity contribution in [1.29, 1.82) is 0 Å². The van der Waals surface area contributed by atoms with Crippen LogP contribution in [0.3, 0.4) is 0 Å². The van der Waals surface area contributed by atoms with Gasteiger partial charge in [-0.05, 0) is 105 Å². The third-order valence-corrected chi connectivity index (χ3v) is 10.0. The standard InChI is InChI=1S/C23H34F4O2.C15H26/c1-3-18-10-12-19(13-11-18)17-29-23(22(27)16-25)9-5-7-20(21(26)15-24)8-6-14-28-4-2;1-3-5-13-7-9-14-10-12(4-2)6-8-15(14)11-13/h5-6,8-9,18-19H,3-4,7,10-17H2,1-2H3;4,12-15H,2-3,5-11H2,1H3/b8-6-,9-5-,21-20+,23-22-;. The second-order valence-electron chi connectivity index (χ2n) is 13.0. The molecule has 3 aliphatic carbocycles. The molecule has 0 N–H and O–H groups in total. The van der Waals surface area contributed by atoms with Crippen molar-refractivity contribution < 1.29 is 27.0 Å². The van der Waals surface area contributed by atoms with Gasteiger partial charge in [0.1, 0.15) is 19.2 Å². The second kappa shape index (κ2) is 22.6. The van der Waals surface area contributed by atoms with E-state index in [1.54, 1.807) is 12.5 Å². The molecule has 0 amide bonds. The summed E-state index contributed by atoms with van der Waals surface area (Å²) < 4.78 is 63.7. The Balaban J connectivity index is 0.000000373. The van der Waals surface area contributed by atoms with Crippen molar-refractivity contribution in [2.24, 2.45) is 35.5 Å². The maximum absolute atomic E-state index is 13.9. The van der Waals surface area contributed by atoms with Gasteiger partial charge in [-0.3, -0.25) is 0 Å². The fraction of sp³-hybridized carbons (Fsp3) is 0.737. The molecule has 252 valence electrons. The molecule has 0 aromatic heterocycles. The van der Waals surface area contributed by atoms with E-state index in [1.807, 2.05) is 6.92 Å². The Hall–Kier alpha value is -1.82. The van der Waals surface area contributed by atoms with E-state index in [0.29, 0.717) is 19.1 Å². The first-order chi connectivity index (χ1) is 21.4. The number of fused-ring (bicyclic) bond motifs is 1. The Bertz CT molecular complexity index is 916. The maximum atomic E-state index is 13.9. The summed E-state index contributed by atoms with van der Waals surface area (Å²) >= 11 is 0. The first-order valence-corrected chi connectivity index (χ1v) is 17.4. The van der Waals surface area contributed by atoms with Gasteiger partial charge in [0, 0.05) is 6.61 Å². The highest BCUT2D eigenvalue weighted by atomic mass is 19.2. The topological polar surface area (TPSA) is 18.5 Å². The minimum absolute atomic E-state index is 0.0341. The van der Waals surface area contributed by atoms with E-state index in [1.165, 1.54) is 69.6 Å². The second-order valence-corrected chi connectivity index (χ2v) is 13.0. The zero-order chi connectivity index (χ0) is 32.2. The first kappa shape index (κ1) is 38.4. The summed E-state index contributed by atoms with van der Waals surface area (Å²) in [6.07, 6.45) is 25.3. The highest BCUT2D eigenvalue weighted by Crippen LogP contribution is 2.45. The third-order valence-electron chi connectivity index (χ3n) is 10.0. The number of rotatable bonds is 16. The van der Waals surface area contributed by atoms with E-state index in [0.717, 1.165) is 55.3 Å². The monoisotopic (exact) mass is 624 g/mol. The average Bonchev–Trinajstić information content (AvgIpc) is 3.06. The summed E-state index contributed by atoms with van der Waals surface area (Å²) in [5, 5.41) is 0. The predicted octanol–water partition coefficient (Wildman–Crippen LogP) is 11.9. The molecular weight excluding hydrogens is 564 g/mol. The summed E-state index contributed by atoms with van der Waals surface area (Å²) in [6.45, 7) is 8.96. The molecule has 0 aromatic rings. The summed E-state index contributed by atoms with van der Waals surface area (Å²) in [5.74, 6) is 3.04. The van der Waals surface area contributed by atoms with Crippen LogP contribution < -0.4 is 0 Å². The van der Waals surface area contributed by atoms with Gasteiger partial charge < -0.3 is 9.47 Å². The zero-order valence-electron chi connectivity index (χ0n) is 27.8. The maximum Gasteiger partial charge on any atom is 0.173 e. The molecule has 0 aromatic carbocycles. The molecule has 44 heavy (non-hydrogen) atoms. The number of hydrogen-bond acceptors (Lipinski definition) is 2. The molecule has 0 spiro atoms. The van der Waals surface area contributed by atoms with Crippen molar-refractivity contribution >= 4 is 0 Å². The van der Waals surface area contributed by atoms with Gasteiger partial charge >= 0.3 is 0 Å². The Labute approximate surface area is 266 Å². The van der Waals surface area contributed by atoms with Crippen molar-refractivity contribution in [2.75, 3.05) is 33.2 Å². The van der Waals surface area contributed by atoms with Crippen LogP contribution >= 0.6 is 0 Å². The van der Waals surface area contributed by atoms with Crippen LogP contribution in [0.1, 0.15) is 111 Å². The van der Waals surface area contributed by atoms with Crippen LogP contribution in [0, 0.1) is 35.5 Å². The average molecular weight is 625 g/mol. The molecule has 4 unspecified atom stereocenters. The quantitative estimate of drug-likeness (QED) is 0.0559. The Morgan fingerprint density at radius 1 is 0.773 bits per heavy atom. The van der Waals surface area contributed by atoms with Crippen molar-refractivity contribution in [1.82, 2.24) is 0 Å². The van der Waals surface area contributed by atoms with Crippen LogP contribution in [0.4, 0.5) is 17.6 Å². The summed E-state index contributed by atoms with van der Waals surface area (Å²) in [4.78, 5) is 0. The minimum Gasteiger partial charge on any atom is -0.490 e. The lowest BCUT2D eigenvalue weighted by Gasteiger charge is -2.41. The molecule has 3 rings (SSSR count). The van der Waals surface area contributed by atoms with Crippen LogP contribution in [0.25, 0.3) is 0 Å². The van der Waals surface area contributed by atoms with Gasteiger partial charge in [-0.15, -0.1) is 6.58 Å². The van der Waals surface area contributed by atoms with Crippen LogP contribution in [-0.2, 0) is 9.47 Å². The molecule has 0 bridgehead atoms. The molecule has 2 nitrogen and oxygen atoms in total. The smallest absolute Gasteiger partial charge is 0.173 e. The van der Waals surface area contributed by atoms with Gasteiger partial charge in [-0.1, -0.05) is 76.7 Å². The van der Waals surface area contributed by atoms with Crippen LogP contribution in [0.2, 0.25) is 0 Å². The summed E-state index contributed by atoms with van der Waals surface area (Å²) in [6, 6.07) is 0. The lowest BCUT2D eigenvalue weighted by molar-refractivity contribution is 0.107.